The highest BCUT2D eigenvalue weighted by Gasteiger charge is 2.00. The quantitative estimate of drug-likeness (QED) is 0.594. The Morgan fingerprint density at radius 2 is 1.73 bits per heavy atom. The lowest BCUT2D eigenvalue weighted by molar-refractivity contribution is -0.107. The molecule has 0 amide bonds. The van der Waals surface area contributed by atoms with Gasteiger partial charge in [-0.1, -0.05) is 6.92 Å². The predicted molar refractivity (Wildman–Crippen MR) is 45.3 cm³/mol. The number of hydrogen-bond donors (Lipinski definition) is 1. The van der Waals surface area contributed by atoms with E-state index in [2.05, 4.69) is 6.92 Å². The largest absolute Gasteiger partial charge is 0.352 e. The molecule has 0 fully saturated rings. The summed E-state index contributed by atoms with van der Waals surface area (Å²) in [5, 5.41) is 0. The van der Waals surface area contributed by atoms with Crippen molar-refractivity contribution < 1.29 is 9.47 Å². The summed E-state index contributed by atoms with van der Waals surface area (Å²) >= 11 is 0. The van der Waals surface area contributed by atoms with Crippen molar-refractivity contribution in [3.05, 3.63) is 0 Å². The summed E-state index contributed by atoms with van der Waals surface area (Å²) < 4.78 is 10.5. The minimum atomic E-state index is 0.0963. The van der Waals surface area contributed by atoms with Crippen molar-refractivity contribution in [2.24, 2.45) is 5.73 Å². The van der Waals surface area contributed by atoms with Gasteiger partial charge < -0.3 is 15.2 Å². The third-order valence-corrected chi connectivity index (χ3v) is 1.61. The van der Waals surface area contributed by atoms with Gasteiger partial charge in [0.25, 0.3) is 0 Å². The summed E-state index contributed by atoms with van der Waals surface area (Å²) in [6, 6.07) is 0. The number of ether oxygens (including phenoxy) is 2. The molecule has 0 aliphatic heterocycles. The highest BCUT2D eigenvalue weighted by atomic mass is 16.7. The van der Waals surface area contributed by atoms with Gasteiger partial charge in [0.15, 0.2) is 0 Å². The van der Waals surface area contributed by atoms with Crippen molar-refractivity contribution in [1.29, 1.82) is 0 Å². The normalized spacial score (nSPS) is 16.4. The molecule has 2 atom stereocenters. The Bertz CT molecular complexity index is 78.2. The molecule has 0 rings (SSSR count). The Balaban J connectivity index is 3.13. The van der Waals surface area contributed by atoms with Crippen molar-refractivity contribution in [3.63, 3.8) is 0 Å². The van der Waals surface area contributed by atoms with Crippen LogP contribution in [-0.2, 0) is 9.47 Å². The third kappa shape index (κ3) is 6.28. The Morgan fingerprint density at radius 1 is 1.18 bits per heavy atom. The Kier molecular flexibility index (Phi) is 6.51. The minimum Gasteiger partial charge on any atom is -0.352 e. The molecular weight excluding hydrogens is 142 g/mol. The molecule has 2 N–H and O–H groups in total. The van der Waals surface area contributed by atoms with Crippen LogP contribution in [0.3, 0.4) is 0 Å². The summed E-state index contributed by atoms with van der Waals surface area (Å²) in [5.41, 5.74) is 5.34. The SMILES string of the molecule is CCC(C)OCOC(C)CN. The fourth-order valence-electron chi connectivity index (χ4n) is 0.457. The first-order chi connectivity index (χ1) is 5.20. The summed E-state index contributed by atoms with van der Waals surface area (Å²) in [6.07, 6.45) is 1.39. The summed E-state index contributed by atoms with van der Waals surface area (Å²) in [7, 11) is 0. The van der Waals surface area contributed by atoms with Gasteiger partial charge in [-0.25, -0.2) is 0 Å². The van der Waals surface area contributed by atoms with Crippen LogP contribution < -0.4 is 5.73 Å². The molecule has 0 bridgehead atoms. The average Bonchev–Trinajstić information content (AvgIpc) is 2.04. The van der Waals surface area contributed by atoms with Crippen LogP contribution in [0.25, 0.3) is 0 Å². The maximum Gasteiger partial charge on any atom is 0.147 e. The van der Waals surface area contributed by atoms with Crippen molar-refractivity contribution >= 4 is 0 Å². The van der Waals surface area contributed by atoms with Crippen LogP contribution in [0.15, 0.2) is 0 Å². The highest BCUT2D eigenvalue weighted by Crippen LogP contribution is 1.96. The molecule has 0 aromatic rings. The van der Waals surface area contributed by atoms with Gasteiger partial charge in [-0.2, -0.15) is 0 Å². The molecule has 0 aromatic carbocycles. The van der Waals surface area contributed by atoms with E-state index in [0.717, 1.165) is 6.42 Å². The summed E-state index contributed by atoms with van der Waals surface area (Å²) in [6.45, 7) is 6.94. The fraction of sp³-hybridized carbons (Fsp3) is 1.00. The smallest absolute Gasteiger partial charge is 0.147 e. The van der Waals surface area contributed by atoms with Gasteiger partial charge in [0.2, 0.25) is 0 Å². The minimum absolute atomic E-state index is 0.0963. The van der Waals surface area contributed by atoms with Gasteiger partial charge in [0.1, 0.15) is 6.79 Å². The van der Waals surface area contributed by atoms with E-state index in [1.54, 1.807) is 0 Å². The lowest BCUT2D eigenvalue weighted by atomic mass is 10.3. The van der Waals surface area contributed by atoms with Crippen LogP contribution in [0.1, 0.15) is 27.2 Å². The Labute approximate surface area is 68.9 Å². The maximum atomic E-state index is 5.34. The van der Waals surface area contributed by atoms with Gasteiger partial charge >= 0.3 is 0 Å². The van der Waals surface area contributed by atoms with Crippen LogP contribution in [0.2, 0.25) is 0 Å². The molecule has 2 unspecified atom stereocenters. The zero-order valence-corrected chi connectivity index (χ0v) is 7.67. The molecule has 0 radical (unpaired) electrons. The van der Waals surface area contributed by atoms with Crippen molar-refractivity contribution in [1.82, 2.24) is 0 Å². The molecule has 0 aliphatic carbocycles. The first-order valence-corrected chi connectivity index (χ1v) is 4.14. The van der Waals surface area contributed by atoms with Gasteiger partial charge in [-0.15, -0.1) is 0 Å². The fourth-order valence-corrected chi connectivity index (χ4v) is 0.457. The van der Waals surface area contributed by atoms with E-state index in [0.29, 0.717) is 13.3 Å². The molecule has 0 heterocycles. The molecule has 0 aliphatic rings. The van der Waals surface area contributed by atoms with Crippen LogP contribution in [0.5, 0.6) is 0 Å². The second-order valence-corrected chi connectivity index (χ2v) is 2.72. The van der Waals surface area contributed by atoms with E-state index in [1.807, 2.05) is 13.8 Å². The van der Waals surface area contributed by atoms with Crippen molar-refractivity contribution in [2.45, 2.75) is 39.4 Å². The third-order valence-electron chi connectivity index (χ3n) is 1.61. The van der Waals surface area contributed by atoms with Crippen molar-refractivity contribution in [2.75, 3.05) is 13.3 Å². The molecule has 68 valence electrons. The molecule has 0 saturated heterocycles. The van der Waals surface area contributed by atoms with E-state index < -0.39 is 0 Å². The maximum absolute atomic E-state index is 5.34. The first kappa shape index (κ1) is 10.9. The summed E-state index contributed by atoms with van der Waals surface area (Å²) in [4.78, 5) is 0. The second kappa shape index (κ2) is 6.58. The van der Waals surface area contributed by atoms with E-state index in [1.165, 1.54) is 0 Å². The monoisotopic (exact) mass is 161 g/mol. The summed E-state index contributed by atoms with van der Waals surface area (Å²) in [5.74, 6) is 0. The predicted octanol–water partition coefficient (Wildman–Crippen LogP) is 1.12. The number of hydrogen-bond acceptors (Lipinski definition) is 3. The lowest BCUT2D eigenvalue weighted by Crippen LogP contribution is -2.22. The van der Waals surface area contributed by atoms with Gasteiger partial charge in [-0.05, 0) is 20.3 Å². The standard InChI is InChI=1S/C8H19NO2/c1-4-7(2)10-6-11-8(3)5-9/h7-8H,4-6,9H2,1-3H3. The van der Waals surface area contributed by atoms with Crippen LogP contribution in [0.4, 0.5) is 0 Å². The molecule has 3 nitrogen and oxygen atoms in total. The average molecular weight is 161 g/mol. The molecule has 3 heteroatoms. The molecule has 11 heavy (non-hydrogen) atoms. The van der Waals surface area contributed by atoms with E-state index in [9.17, 15) is 0 Å². The Hall–Kier alpha value is -0.120. The van der Waals surface area contributed by atoms with Crippen LogP contribution >= 0.6 is 0 Å². The topological polar surface area (TPSA) is 44.5 Å². The molecule has 0 saturated carbocycles. The first-order valence-electron chi connectivity index (χ1n) is 4.14. The number of rotatable bonds is 6. The lowest BCUT2D eigenvalue weighted by Gasteiger charge is -2.13. The Morgan fingerprint density at radius 3 is 2.18 bits per heavy atom. The zero-order chi connectivity index (χ0) is 8.69. The molecule has 0 spiro atoms. The van der Waals surface area contributed by atoms with E-state index >= 15 is 0 Å². The van der Waals surface area contributed by atoms with Crippen LogP contribution in [-0.4, -0.2) is 25.5 Å². The zero-order valence-electron chi connectivity index (χ0n) is 7.67. The second-order valence-electron chi connectivity index (χ2n) is 2.72. The van der Waals surface area contributed by atoms with Crippen LogP contribution in [0, 0.1) is 0 Å². The van der Waals surface area contributed by atoms with Crippen molar-refractivity contribution in [3.8, 4) is 0 Å². The molecule has 0 aromatic heterocycles. The van der Waals surface area contributed by atoms with E-state index in [-0.39, 0.29) is 12.2 Å². The van der Waals surface area contributed by atoms with Gasteiger partial charge in [0, 0.05) is 6.54 Å². The van der Waals surface area contributed by atoms with Gasteiger partial charge in [-0.3, -0.25) is 0 Å². The molecular formula is C8H19NO2. The highest BCUT2D eigenvalue weighted by molar-refractivity contribution is 4.46. The van der Waals surface area contributed by atoms with Gasteiger partial charge in [0.05, 0.1) is 12.2 Å². The number of nitrogens with two attached hydrogens (primary N) is 1. The van der Waals surface area contributed by atoms with E-state index in [4.69, 9.17) is 15.2 Å².